The van der Waals surface area contributed by atoms with Crippen LogP contribution < -0.4 is 0 Å². The minimum Gasteiger partial charge on any atom is -0.478 e. The van der Waals surface area contributed by atoms with E-state index in [4.69, 9.17) is 5.11 Å². The summed E-state index contributed by atoms with van der Waals surface area (Å²) in [5, 5.41) is 25.7. The highest BCUT2D eigenvalue weighted by atomic mass is 32.2. The van der Waals surface area contributed by atoms with Crippen LogP contribution in [0.3, 0.4) is 0 Å². The van der Waals surface area contributed by atoms with Crippen molar-refractivity contribution >= 4 is 17.7 Å². The Morgan fingerprint density at radius 2 is 2.20 bits per heavy atom. The topological polar surface area (TPSA) is 83.3 Å². The second kappa shape index (κ2) is 5.09. The Balaban J connectivity index is 2.89. The molecule has 0 aliphatic carbocycles. The summed E-state index contributed by atoms with van der Waals surface area (Å²) in [6.07, 6.45) is 0.805. The number of hydrogen-bond donors (Lipinski definition) is 2. The SMILES string of the molecule is CC(O)C(C)Sc1nnccc1C(=O)O. The predicted octanol–water partition coefficient (Wildman–Crippen LogP) is 1.04. The number of carboxylic acids is 1. The van der Waals surface area contributed by atoms with E-state index < -0.39 is 12.1 Å². The zero-order valence-electron chi connectivity index (χ0n) is 8.41. The molecule has 0 saturated carbocycles. The predicted molar refractivity (Wildman–Crippen MR) is 56.0 cm³/mol. The van der Waals surface area contributed by atoms with Gasteiger partial charge in [0.05, 0.1) is 17.9 Å². The van der Waals surface area contributed by atoms with Crippen molar-refractivity contribution in [1.82, 2.24) is 10.2 Å². The molecule has 15 heavy (non-hydrogen) atoms. The third-order valence-corrected chi connectivity index (χ3v) is 3.18. The standard InChI is InChI=1S/C9H12N2O3S/c1-5(12)6(2)15-8-7(9(13)14)3-4-10-11-8/h3-6,12H,1-2H3,(H,13,14). The third kappa shape index (κ3) is 3.17. The van der Waals surface area contributed by atoms with Crippen LogP contribution in [0, 0.1) is 0 Å². The maximum absolute atomic E-state index is 10.8. The first-order valence-corrected chi connectivity index (χ1v) is 5.30. The molecule has 0 spiro atoms. The molecule has 0 aliphatic rings. The minimum atomic E-state index is -1.04. The van der Waals surface area contributed by atoms with E-state index in [9.17, 15) is 9.90 Å². The maximum atomic E-state index is 10.8. The van der Waals surface area contributed by atoms with E-state index in [1.165, 1.54) is 24.0 Å². The number of carbonyl (C=O) groups is 1. The highest BCUT2D eigenvalue weighted by Gasteiger charge is 2.17. The van der Waals surface area contributed by atoms with Gasteiger partial charge in [0.15, 0.2) is 0 Å². The summed E-state index contributed by atoms with van der Waals surface area (Å²) in [6, 6.07) is 1.40. The minimum absolute atomic E-state index is 0.113. The summed E-state index contributed by atoms with van der Waals surface area (Å²) < 4.78 is 0. The number of aromatic carboxylic acids is 1. The molecule has 0 saturated heterocycles. The van der Waals surface area contributed by atoms with Crippen LogP contribution in [0.2, 0.25) is 0 Å². The zero-order chi connectivity index (χ0) is 11.4. The Labute approximate surface area is 91.5 Å². The number of nitrogens with zero attached hydrogens (tertiary/aromatic N) is 2. The fourth-order valence-corrected chi connectivity index (χ4v) is 1.77. The van der Waals surface area contributed by atoms with Crippen molar-refractivity contribution < 1.29 is 15.0 Å². The van der Waals surface area contributed by atoms with Crippen molar-refractivity contribution in [2.24, 2.45) is 0 Å². The van der Waals surface area contributed by atoms with Gasteiger partial charge in [-0.05, 0) is 13.0 Å². The summed E-state index contributed by atoms with van der Waals surface area (Å²) in [5.41, 5.74) is 0.113. The first kappa shape index (κ1) is 11.9. The quantitative estimate of drug-likeness (QED) is 0.749. The lowest BCUT2D eigenvalue weighted by Gasteiger charge is -2.13. The first-order valence-electron chi connectivity index (χ1n) is 4.42. The molecule has 0 fully saturated rings. The van der Waals surface area contributed by atoms with Gasteiger partial charge in [-0.15, -0.1) is 5.10 Å². The summed E-state index contributed by atoms with van der Waals surface area (Å²) in [4.78, 5) is 10.8. The Morgan fingerprint density at radius 3 is 2.73 bits per heavy atom. The molecule has 0 bridgehead atoms. The number of thioether (sulfide) groups is 1. The van der Waals surface area contributed by atoms with Crippen molar-refractivity contribution in [1.29, 1.82) is 0 Å². The molecule has 0 radical (unpaired) electrons. The number of aliphatic hydroxyl groups excluding tert-OH is 1. The molecule has 82 valence electrons. The number of hydrogen-bond acceptors (Lipinski definition) is 5. The maximum Gasteiger partial charge on any atom is 0.338 e. The molecule has 0 aliphatic heterocycles. The van der Waals surface area contributed by atoms with E-state index in [0.29, 0.717) is 5.03 Å². The molecule has 6 heteroatoms. The van der Waals surface area contributed by atoms with Crippen molar-refractivity contribution in [3.8, 4) is 0 Å². The van der Waals surface area contributed by atoms with Crippen LogP contribution in [-0.4, -0.2) is 37.7 Å². The molecule has 0 amide bonds. The number of aliphatic hydroxyl groups is 1. The van der Waals surface area contributed by atoms with Gasteiger partial charge >= 0.3 is 5.97 Å². The van der Waals surface area contributed by atoms with Crippen LogP contribution >= 0.6 is 11.8 Å². The average molecular weight is 228 g/mol. The second-order valence-corrected chi connectivity index (χ2v) is 4.48. The summed E-state index contributed by atoms with van der Waals surface area (Å²) in [7, 11) is 0. The molecular formula is C9H12N2O3S. The molecule has 1 heterocycles. The van der Waals surface area contributed by atoms with E-state index in [2.05, 4.69) is 10.2 Å². The molecule has 1 aromatic rings. The van der Waals surface area contributed by atoms with E-state index >= 15 is 0 Å². The highest BCUT2D eigenvalue weighted by molar-refractivity contribution is 8.00. The lowest BCUT2D eigenvalue weighted by atomic mass is 10.3. The summed E-state index contributed by atoms with van der Waals surface area (Å²) >= 11 is 1.20. The van der Waals surface area contributed by atoms with Gasteiger partial charge in [-0.2, -0.15) is 5.10 Å². The van der Waals surface area contributed by atoms with Crippen LogP contribution in [0.5, 0.6) is 0 Å². The van der Waals surface area contributed by atoms with Crippen molar-refractivity contribution in [2.75, 3.05) is 0 Å². The van der Waals surface area contributed by atoms with Crippen LogP contribution in [0.25, 0.3) is 0 Å². The third-order valence-electron chi connectivity index (χ3n) is 1.89. The van der Waals surface area contributed by atoms with Gasteiger partial charge in [0.25, 0.3) is 0 Å². The van der Waals surface area contributed by atoms with E-state index in [1.54, 1.807) is 13.8 Å². The number of carboxylic acid groups (broad SMARTS) is 1. The Kier molecular flexibility index (Phi) is 4.05. The van der Waals surface area contributed by atoms with Crippen molar-refractivity contribution in [2.45, 2.75) is 30.2 Å². The summed E-state index contributed by atoms with van der Waals surface area (Å²) in [6.45, 7) is 3.45. The largest absolute Gasteiger partial charge is 0.478 e. The molecular weight excluding hydrogens is 216 g/mol. The van der Waals surface area contributed by atoms with Gasteiger partial charge in [-0.25, -0.2) is 4.79 Å². The molecule has 0 aromatic carbocycles. The molecule has 1 aromatic heterocycles. The zero-order valence-corrected chi connectivity index (χ0v) is 9.23. The monoisotopic (exact) mass is 228 g/mol. The van der Waals surface area contributed by atoms with Gasteiger partial charge in [0.2, 0.25) is 0 Å². The van der Waals surface area contributed by atoms with Gasteiger partial charge in [0.1, 0.15) is 5.03 Å². The van der Waals surface area contributed by atoms with Gasteiger partial charge in [-0.3, -0.25) is 0 Å². The highest BCUT2D eigenvalue weighted by Crippen LogP contribution is 2.25. The van der Waals surface area contributed by atoms with E-state index in [-0.39, 0.29) is 10.8 Å². The van der Waals surface area contributed by atoms with Gasteiger partial charge in [-0.1, -0.05) is 18.7 Å². The lowest BCUT2D eigenvalue weighted by Crippen LogP contribution is -2.16. The van der Waals surface area contributed by atoms with Crippen LogP contribution in [0.15, 0.2) is 17.3 Å². The average Bonchev–Trinajstić information content (AvgIpc) is 2.18. The smallest absolute Gasteiger partial charge is 0.338 e. The molecule has 2 N–H and O–H groups in total. The first-order chi connectivity index (χ1) is 7.02. The van der Waals surface area contributed by atoms with Gasteiger partial charge in [0, 0.05) is 5.25 Å². The van der Waals surface area contributed by atoms with Gasteiger partial charge < -0.3 is 10.2 Å². The van der Waals surface area contributed by atoms with E-state index in [0.717, 1.165) is 0 Å². The molecule has 1 rings (SSSR count). The van der Waals surface area contributed by atoms with Crippen LogP contribution in [0.1, 0.15) is 24.2 Å². The lowest BCUT2D eigenvalue weighted by molar-refractivity contribution is 0.0691. The molecule has 2 atom stereocenters. The van der Waals surface area contributed by atoms with Crippen LogP contribution in [-0.2, 0) is 0 Å². The van der Waals surface area contributed by atoms with Crippen molar-refractivity contribution in [3.05, 3.63) is 17.8 Å². The fourth-order valence-electron chi connectivity index (χ4n) is 0.843. The Bertz CT molecular complexity index is 357. The van der Waals surface area contributed by atoms with Crippen molar-refractivity contribution in [3.63, 3.8) is 0 Å². The normalized spacial score (nSPS) is 14.6. The Morgan fingerprint density at radius 1 is 1.53 bits per heavy atom. The van der Waals surface area contributed by atoms with Crippen LogP contribution in [0.4, 0.5) is 0 Å². The summed E-state index contributed by atoms with van der Waals surface area (Å²) in [5.74, 6) is -1.04. The number of rotatable bonds is 4. The Hall–Kier alpha value is -1.14. The molecule has 2 unspecified atom stereocenters. The number of aromatic nitrogens is 2. The van der Waals surface area contributed by atoms with E-state index in [1.807, 2.05) is 0 Å². The second-order valence-electron chi connectivity index (χ2n) is 3.12. The fraction of sp³-hybridized carbons (Fsp3) is 0.444. The molecule has 5 nitrogen and oxygen atoms in total.